The van der Waals surface area contributed by atoms with Crippen molar-refractivity contribution in [2.24, 2.45) is 0 Å². The van der Waals surface area contributed by atoms with E-state index in [1.807, 2.05) is 19.1 Å². The number of carbonyl (C=O) groups is 1. The highest BCUT2D eigenvalue weighted by Gasteiger charge is 2.12. The van der Waals surface area contributed by atoms with Crippen LogP contribution in [0.5, 0.6) is 5.75 Å². The minimum absolute atomic E-state index is 0.209. The zero-order valence-electron chi connectivity index (χ0n) is 9.62. The number of carbonyl (C=O) groups excluding carboxylic acids is 1. The van der Waals surface area contributed by atoms with Crippen molar-refractivity contribution >= 4 is 17.6 Å². The third-order valence-corrected chi connectivity index (χ3v) is 2.39. The van der Waals surface area contributed by atoms with E-state index in [1.54, 1.807) is 13.0 Å². The molecule has 0 spiro atoms. The van der Waals surface area contributed by atoms with E-state index in [0.717, 1.165) is 5.56 Å². The van der Waals surface area contributed by atoms with Crippen molar-refractivity contribution in [2.45, 2.75) is 26.4 Å². The van der Waals surface area contributed by atoms with Crippen molar-refractivity contribution < 1.29 is 14.3 Å². The Morgan fingerprint density at radius 3 is 2.75 bits per heavy atom. The van der Waals surface area contributed by atoms with Gasteiger partial charge < -0.3 is 9.47 Å². The van der Waals surface area contributed by atoms with E-state index in [4.69, 9.17) is 16.3 Å². The zero-order valence-corrected chi connectivity index (χ0v) is 10.4. The molecule has 88 valence electrons. The van der Waals surface area contributed by atoms with Gasteiger partial charge in [0.2, 0.25) is 0 Å². The van der Waals surface area contributed by atoms with Gasteiger partial charge in [-0.3, -0.25) is 4.79 Å². The van der Waals surface area contributed by atoms with Crippen LogP contribution in [-0.2, 0) is 9.53 Å². The average Bonchev–Trinajstić information content (AvgIpc) is 2.22. The van der Waals surface area contributed by atoms with Crippen LogP contribution < -0.4 is 4.74 Å². The predicted octanol–water partition coefficient (Wildman–Crippen LogP) is 2.98. The Labute approximate surface area is 100 Å². The quantitative estimate of drug-likeness (QED) is 0.762. The SMILES string of the molecule is COC(=O)CC(C)Oc1ccc(C)cc1Cl. The second-order valence-electron chi connectivity index (χ2n) is 3.64. The lowest BCUT2D eigenvalue weighted by molar-refractivity contribution is -0.142. The maximum atomic E-state index is 11.0. The molecule has 0 amide bonds. The molecule has 0 aliphatic heterocycles. The summed E-state index contributed by atoms with van der Waals surface area (Å²) in [7, 11) is 1.36. The Morgan fingerprint density at radius 1 is 1.50 bits per heavy atom. The minimum Gasteiger partial charge on any atom is -0.489 e. The summed E-state index contributed by atoms with van der Waals surface area (Å²) in [5, 5.41) is 0.553. The highest BCUT2D eigenvalue weighted by molar-refractivity contribution is 6.32. The van der Waals surface area contributed by atoms with E-state index in [-0.39, 0.29) is 18.5 Å². The van der Waals surface area contributed by atoms with Crippen molar-refractivity contribution in [1.29, 1.82) is 0 Å². The highest BCUT2D eigenvalue weighted by Crippen LogP contribution is 2.26. The number of halogens is 1. The average molecular weight is 243 g/mol. The van der Waals surface area contributed by atoms with Crippen LogP contribution in [0.3, 0.4) is 0 Å². The smallest absolute Gasteiger partial charge is 0.309 e. The fourth-order valence-corrected chi connectivity index (χ4v) is 1.56. The lowest BCUT2D eigenvalue weighted by atomic mass is 10.2. The number of methoxy groups -OCH3 is 1. The Hall–Kier alpha value is -1.22. The molecule has 0 fully saturated rings. The van der Waals surface area contributed by atoms with E-state index in [2.05, 4.69) is 4.74 Å². The molecule has 0 saturated carbocycles. The van der Waals surface area contributed by atoms with E-state index in [1.165, 1.54) is 7.11 Å². The van der Waals surface area contributed by atoms with E-state index >= 15 is 0 Å². The van der Waals surface area contributed by atoms with Gasteiger partial charge in [0, 0.05) is 0 Å². The number of hydrogen-bond donors (Lipinski definition) is 0. The minimum atomic E-state index is -0.296. The van der Waals surface area contributed by atoms with Gasteiger partial charge in [-0.05, 0) is 31.5 Å². The van der Waals surface area contributed by atoms with Gasteiger partial charge in [0.15, 0.2) is 0 Å². The molecule has 0 bridgehead atoms. The summed E-state index contributed by atoms with van der Waals surface area (Å²) in [5.41, 5.74) is 1.07. The van der Waals surface area contributed by atoms with Gasteiger partial charge in [-0.1, -0.05) is 17.7 Å². The molecule has 0 aliphatic carbocycles. The second-order valence-corrected chi connectivity index (χ2v) is 4.05. The molecule has 0 aromatic heterocycles. The van der Waals surface area contributed by atoms with E-state index in [0.29, 0.717) is 10.8 Å². The third-order valence-electron chi connectivity index (χ3n) is 2.10. The van der Waals surface area contributed by atoms with Gasteiger partial charge >= 0.3 is 5.97 Å². The normalized spacial score (nSPS) is 12.0. The van der Waals surface area contributed by atoms with Crippen LogP contribution in [0.2, 0.25) is 5.02 Å². The maximum absolute atomic E-state index is 11.0. The van der Waals surface area contributed by atoms with Gasteiger partial charge in [-0.2, -0.15) is 0 Å². The number of hydrogen-bond acceptors (Lipinski definition) is 3. The van der Waals surface area contributed by atoms with Crippen LogP contribution in [0.4, 0.5) is 0 Å². The first-order valence-electron chi connectivity index (χ1n) is 5.02. The molecule has 0 heterocycles. The van der Waals surface area contributed by atoms with Crippen LogP contribution in [0, 0.1) is 6.92 Å². The molecule has 0 saturated heterocycles. The fraction of sp³-hybridized carbons (Fsp3) is 0.417. The lowest BCUT2D eigenvalue weighted by Gasteiger charge is -2.14. The Morgan fingerprint density at radius 2 is 2.19 bits per heavy atom. The Balaban J connectivity index is 2.62. The first-order chi connectivity index (χ1) is 7.52. The Kier molecular flexibility index (Phi) is 4.62. The second kappa shape index (κ2) is 5.75. The summed E-state index contributed by atoms with van der Waals surface area (Å²) in [6, 6.07) is 5.53. The zero-order chi connectivity index (χ0) is 12.1. The van der Waals surface area contributed by atoms with Crippen LogP contribution in [0.25, 0.3) is 0 Å². The van der Waals surface area contributed by atoms with E-state index < -0.39 is 0 Å². The van der Waals surface area contributed by atoms with Crippen LogP contribution in [0.1, 0.15) is 18.9 Å². The summed E-state index contributed by atoms with van der Waals surface area (Å²) in [6.45, 7) is 3.75. The molecule has 3 nitrogen and oxygen atoms in total. The van der Waals surface area contributed by atoms with Crippen LogP contribution in [-0.4, -0.2) is 19.2 Å². The van der Waals surface area contributed by atoms with Gasteiger partial charge in [-0.15, -0.1) is 0 Å². The maximum Gasteiger partial charge on any atom is 0.309 e. The summed E-state index contributed by atoms with van der Waals surface area (Å²) in [5.74, 6) is 0.291. The Bertz CT molecular complexity index is 377. The number of rotatable bonds is 4. The molecule has 4 heteroatoms. The molecule has 1 aromatic rings. The monoisotopic (exact) mass is 242 g/mol. The summed E-state index contributed by atoms with van der Waals surface area (Å²) < 4.78 is 10.1. The van der Waals surface area contributed by atoms with Crippen molar-refractivity contribution in [1.82, 2.24) is 0 Å². The van der Waals surface area contributed by atoms with Gasteiger partial charge in [0.25, 0.3) is 0 Å². The fourth-order valence-electron chi connectivity index (χ4n) is 1.28. The highest BCUT2D eigenvalue weighted by atomic mass is 35.5. The summed E-state index contributed by atoms with van der Waals surface area (Å²) >= 11 is 6.00. The number of aryl methyl sites for hydroxylation is 1. The van der Waals surface area contributed by atoms with Crippen molar-refractivity contribution in [3.8, 4) is 5.75 Å². The molecular formula is C12H15ClO3. The third kappa shape index (κ3) is 3.74. The van der Waals surface area contributed by atoms with Gasteiger partial charge in [0.05, 0.1) is 18.6 Å². The summed E-state index contributed by atoms with van der Waals surface area (Å²) in [6.07, 6.45) is -0.0478. The van der Waals surface area contributed by atoms with Crippen molar-refractivity contribution in [2.75, 3.05) is 7.11 Å². The van der Waals surface area contributed by atoms with E-state index in [9.17, 15) is 4.79 Å². The molecule has 1 atom stereocenters. The van der Waals surface area contributed by atoms with Gasteiger partial charge in [-0.25, -0.2) is 0 Å². The van der Waals surface area contributed by atoms with Crippen molar-refractivity contribution in [3.05, 3.63) is 28.8 Å². The lowest BCUT2D eigenvalue weighted by Crippen LogP contribution is -2.18. The number of esters is 1. The molecule has 1 rings (SSSR count). The van der Waals surface area contributed by atoms with Gasteiger partial charge in [0.1, 0.15) is 11.9 Å². The predicted molar refractivity (Wildman–Crippen MR) is 62.9 cm³/mol. The topological polar surface area (TPSA) is 35.5 Å². The summed E-state index contributed by atoms with van der Waals surface area (Å²) in [4.78, 5) is 11.0. The molecule has 1 aromatic carbocycles. The molecule has 0 N–H and O–H groups in total. The number of benzene rings is 1. The molecular weight excluding hydrogens is 228 g/mol. The van der Waals surface area contributed by atoms with Crippen molar-refractivity contribution in [3.63, 3.8) is 0 Å². The van der Waals surface area contributed by atoms with Crippen LogP contribution >= 0.6 is 11.6 Å². The molecule has 1 unspecified atom stereocenters. The molecule has 0 aliphatic rings. The largest absolute Gasteiger partial charge is 0.489 e. The molecule has 0 radical (unpaired) electrons. The first-order valence-corrected chi connectivity index (χ1v) is 5.40. The number of ether oxygens (including phenoxy) is 2. The first kappa shape index (κ1) is 12.8. The standard InChI is InChI=1S/C12H15ClO3/c1-8-4-5-11(10(13)6-8)16-9(2)7-12(14)15-3/h4-6,9H,7H2,1-3H3. The molecule has 16 heavy (non-hydrogen) atoms. The van der Waals surface area contributed by atoms with Crippen LogP contribution in [0.15, 0.2) is 18.2 Å².